The lowest BCUT2D eigenvalue weighted by atomic mass is 10.2. The van der Waals surface area contributed by atoms with Crippen LogP contribution in [-0.2, 0) is 9.53 Å². The minimum absolute atomic E-state index is 0.0673. The van der Waals surface area contributed by atoms with Crippen LogP contribution in [0.25, 0.3) is 0 Å². The molecule has 0 aromatic heterocycles. The van der Waals surface area contributed by atoms with E-state index in [2.05, 4.69) is 36.6 Å². The zero-order valence-corrected chi connectivity index (χ0v) is 13.6. The summed E-state index contributed by atoms with van der Waals surface area (Å²) in [6.45, 7) is 0.172. The zero-order valence-electron chi connectivity index (χ0n) is 10.5. The van der Waals surface area contributed by atoms with E-state index in [0.29, 0.717) is 14.7 Å². The average molecular weight is 412 g/mol. The van der Waals surface area contributed by atoms with Crippen molar-refractivity contribution in [3.8, 4) is 5.75 Å². The summed E-state index contributed by atoms with van der Waals surface area (Å²) in [6, 6.07) is 1.90. The quantitative estimate of drug-likeness (QED) is 0.437. The van der Waals surface area contributed by atoms with Crippen molar-refractivity contribution in [3.05, 3.63) is 31.2 Å². The fourth-order valence-corrected chi connectivity index (χ4v) is 2.74. The van der Waals surface area contributed by atoms with E-state index in [1.54, 1.807) is 0 Å². The fourth-order valence-electron chi connectivity index (χ4n) is 1.35. The molecule has 0 saturated carbocycles. The zero-order chi connectivity index (χ0) is 15.3. The van der Waals surface area contributed by atoms with E-state index >= 15 is 0 Å². The van der Waals surface area contributed by atoms with Gasteiger partial charge in [-0.15, -0.1) is 0 Å². The topological polar surface area (TPSA) is 105 Å². The van der Waals surface area contributed by atoms with Crippen molar-refractivity contribution in [2.75, 3.05) is 13.7 Å². The number of nitrogens with zero attached hydrogens (tertiary/aromatic N) is 1. The molecule has 20 heavy (non-hydrogen) atoms. The van der Waals surface area contributed by atoms with Crippen LogP contribution < -0.4 is 10.5 Å². The van der Waals surface area contributed by atoms with E-state index in [4.69, 9.17) is 10.5 Å². The number of esters is 1. The summed E-state index contributed by atoms with van der Waals surface area (Å²) in [7, 11) is 1.26. The van der Waals surface area contributed by atoms with Gasteiger partial charge in [-0.2, -0.15) is 0 Å². The smallest absolute Gasteiger partial charge is 0.322 e. The Morgan fingerprint density at radius 1 is 1.45 bits per heavy atom. The molecule has 0 bridgehead atoms. The molecule has 0 aliphatic carbocycles. The van der Waals surface area contributed by atoms with Crippen LogP contribution in [0, 0.1) is 10.1 Å². The van der Waals surface area contributed by atoms with Crippen molar-refractivity contribution < 1.29 is 19.2 Å². The molecule has 1 aromatic rings. The maximum absolute atomic E-state index is 11.1. The summed E-state index contributed by atoms with van der Waals surface area (Å²) >= 11 is 6.39. The first-order valence-corrected chi connectivity index (χ1v) is 7.05. The van der Waals surface area contributed by atoms with Crippen LogP contribution in [0.2, 0.25) is 0 Å². The average Bonchev–Trinajstić information content (AvgIpc) is 2.40. The van der Waals surface area contributed by atoms with E-state index < -0.39 is 16.9 Å². The number of carbonyl (C=O) groups is 1. The number of nitro groups is 1. The van der Waals surface area contributed by atoms with E-state index in [1.807, 2.05) is 0 Å². The van der Waals surface area contributed by atoms with E-state index in [1.165, 1.54) is 19.2 Å². The highest BCUT2D eigenvalue weighted by Gasteiger charge is 2.17. The molecule has 0 aliphatic rings. The molecule has 0 amide bonds. The molecule has 1 atom stereocenters. The first kappa shape index (κ1) is 16.9. The molecule has 1 unspecified atom stereocenters. The van der Waals surface area contributed by atoms with Crippen LogP contribution in [0.15, 0.2) is 21.1 Å². The number of benzene rings is 1. The van der Waals surface area contributed by atoms with Gasteiger partial charge in [0.1, 0.15) is 11.8 Å². The fraction of sp³-hybridized carbons (Fsp3) is 0.364. The molecule has 0 heterocycles. The third-order valence-corrected chi connectivity index (χ3v) is 3.55. The standard InChI is InChI=1S/C11H12Br2N2O5/c1-19-11(16)9(14)2-3-20-10-7(12)4-6(15(17)18)5-8(10)13/h4-5,9H,2-3,14H2,1H3. The SMILES string of the molecule is COC(=O)C(N)CCOc1c(Br)cc([N+](=O)[O-])cc1Br. The summed E-state index contributed by atoms with van der Waals surface area (Å²) in [5, 5.41) is 10.7. The lowest BCUT2D eigenvalue weighted by Gasteiger charge is -2.12. The Kier molecular flexibility index (Phi) is 6.37. The minimum Gasteiger partial charge on any atom is -0.491 e. The number of hydrogen-bond acceptors (Lipinski definition) is 6. The molecule has 1 aromatic carbocycles. The highest BCUT2D eigenvalue weighted by Crippen LogP contribution is 2.37. The Morgan fingerprint density at radius 3 is 2.45 bits per heavy atom. The van der Waals surface area contributed by atoms with Crippen LogP contribution >= 0.6 is 31.9 Å². The van der Waals surface area contributed by atoms with Gasteiger partial charge in [0.2, 0.25) is 0 Å². The van der Waals surface area contributed by atoms with Gasteiger partial charge in [0.15, 0.2) is 0 Å². The van der Waals surface area contributed by atoms with Gasteiger partial charge in [-0.25, -0.2) is 0 Å². The molecule has 0 aliphatic heterocycles. The lowest BCUT2D eigenvalue weighted by molar-refractivity contribution is -0.385. The van der Waals surface area contributed by atoms with Crippen LogP contribution in [0.1, 0.15) is 6.42 Å². The minimum atomic E-state index is -0.768. The maximum Gasteiger partial charge on any atom is 0.322 e. The van der Waals surface area contributed by atoms with Crippen molar-refractivity contribution in [3.63, 3.8) is 0 Å². The molecule has 7 nitrogen and oxygen atoms in total. The molecule has 9 heteroatoms. The predicted molar refractivity (Wildman–Crippen MR) is 78.6 cm³/mol. The molecular weight excluding hydrogens is 400 g/mol. The third kappa shape index (κ3) is 4.43. The van der Waals surface area contributed by atoms with Gasteiger partial charge in [-0.1, -0.05) is 0 Å². The molecular formula is C11H12Br2N2O5. The third-order valence-electron chi connectivity index (χ3n) is 2.37. The van der Waals surface area contributed by atoms with Crippen LogP contribution in [-0.4, -0.2) is 30.7 Å². The second kappa shape index (κ2) is 7.55. The maximum atomic E-state index is 11.1. The second-order valence-electron chi connectivity index (χ2n) is 3.76. The van der Waals surface area contributed by atoms with Crippen molar-refractivity contribution in [1.82, 2.24) is 0 Å². The van der Waals surface area contributed by atoms with Crippen LogP contribution in [0.4, 0.5) is 5.69 Å². The summed E-state index contributed by atoms with van der Waals surface area (Å²) < 4.78 is 10.8. The van der Waals surface area contributed by atoms with Crippen LogP contribution in [0.3, 0.4) is 0 Å². The number of halogens is 2. The summed E-state index contributed by atoms with van der Waals surface area (Å²) in [6.07, 6.45) is 0.266. The van der Waals surface area contributed by atoms with Crippen molar-refractivity contribution in [1.29, 1.82) is 0 Å². The summed E-state index contributed by atoms with van der Waals surface area (Å²) in [5.41, 5.74) is 5.50. The highest BCUT2D eigenvalue weighted by molar-refractivity contribution is 9.11. The molecule has 2 N–H and O–H groups in total. The number of nitro benzene ring substituents is 1. The van der Waals surface area contributed by atoms with Crippen molar-refractivity contribution in [2.45, 2.75) is 12.5 Å². The number of methoxy groups -OCH3 is 1. The first-order valence-electron chi connectivity index (χ1n) is 5.46. The number of rotatable bonds is 6. The van der Waals surface area contributed by atoms with Gasteiger partial charge in [-0.05, 0) is 31.9 Å². The Labute approximate surface area is 131 Å². The number of hydrogen-bond donors (Lipinski definition) is 1. The monoisotopic (exact) mass is 410 g/mol. The Balaban J connectivity index is 2.70. The molecule has 110 valence electrons. The number of ether oxygens (including phenoxy) is 2. The molecule has 0 radical (unpaired) electrons. The predicted octanol–water partition coefficient (Wildman–Crippen LogP) is 2.39. The second-order valence-corrected chi connectivity index (χ2v) is 5.47. The number of nitrogens with two attached hydrogens (primary N) is 1. The normalized spacial score (nSPS) is 11.8. The van der Waals surface area contributed by atoms with E-state index in [9.17, 15) is 14.9 Å². The number of non-ortho nitro benzene ring substituents is 1. The highest BCUT2D eigenvalue weighted by atomic mass is 79.9. The molecule has 0 fully saturated rings. The molecule has 0 spiro atoms. The molecule has 1 rings (SSSR count). The van der Waals surface area contributed by atoms with Gasteiger partial charge in [0.25, 0.3) is 5.69 Å². The van der Waals surface area contributed by atoms with Gasteiger partial charge in [0.05, 0.1) is 27.6 Å². The number of carbonyl (C=O) groups excluding carboxylic acids is 1. The molecule has 0 saturated heterocycles. The Morgan fingerprint density at radius 2 is 2.00 bits per heavy atom. The van der Waals surface area contributed by atoms with Crippen molar-refractivity contribution in [2.24, 2.45) is 5.73 Å². The van der Waals surface area contributed by atoms with Gasteiger partial charge in [0, 0.05) is 18.6 Å². The summed E-state index contributed by atoms with van der Waals surface area (Å²) in [4.78, 5) is 21.3. The van der Waals surface area contributed by atoms with Gasteiger partial charge in [-0.3, -0.25) is 14.9 Å². The first-order chi connectivity index (χ1) is 9.36. The Bertz CT molecular complexity index is 501. The van der Waals surface area contributed by atoms with Crippen molar-refractivity contribution >= 4 is 43.5 Å². The van der Waals surface area contributed by atoms with E-state index in [0.717, 1.165) is 0 Å². The van der Waals surface area contributed by atoms with Gasteiger partial charge < -0.3 is 15.2 Å². The van der Waals surface area contributed by atoms with Crippen LogP contribution in [0.5, 0.6) is 5.75 Å². The lowest BCUT2D eigenvalue weighted by Crippen LogP contribution is -2.33. The van der Waals surface area contributed by atoms with Gasteiger partial charge >= 0.3 is 5.97 Å². The largest absolute Gasteiger partial charge is 0.491 e. The summed E-state index contributed by atoms with van der Waals surface area (Å²) in [5.74, 6) is -0.108. The Hall–Kier alpha value is -1.19. The van der Waals surface area contributed by atoms with E-state index in [-0.39, 0.29) is 18.7 Å².